The van der Waals surface area contributed by atoms with E-state index in [0.29, 0.717) is 0 Å². The molecule has 9 aromatic rings. The number of nitrogens with one attached hydrogen (secondary N) is 4. The maximum atomic E-state index is 3.45. The summed E-state index contributed by atoms with van der Waals surface area (Å²) < 4.78 is 0. The fourth-order valence-electron chi connectivity index (χ4n) is 5.98. The Hall–Kier alpha value is -7.30. The van der Waals surface area contributed by atoms with Gasteiger partial charge in [-0.05, 0) is 107 Å². The molecule has 9 rings (SSSR count). The van der Waals surface area contributed by atoms with Crippen LogP contribution >= 0.6 is 0 Å². The molecule has 262 valence electrons. The van der Waals surface area contributed by atoms with Crippen molar-refractivity contribution in [3.63, 3.8) is 0 Å². The van der Waals surface area contributed by atoms with Crippen LogP contribution in [-0.4, -0.2) is 0 Å². The molecule has 0 aliphatic heterocycles. The number of rotatable bonds is 8. The summed E-state index contributed by atoms with van der Waals surface area (Å²) >= 11 is 0. The highest BCUT2D eigenvalue weighted by Crippen LogP contribution is 2.26. The number of hydrogen-bond acceptors (Lipinski definition) is 4. The second-order valence-corrected chi connectivity index (χ2v) is 12.6. The molecule has 0 fully saturated rings. The Morgan fingerprint density at radius 1 is 0.204 bits per heavy atom. The molecule has 0 bridgehead atoms. The van der Waals surface area contributed by atoms with Gasteiger partial charge in [0.15, 0.2) is 0 Å². The molecule has 9 aromatic carbocycles. The molecule has 0 spiro atoms. The van der Waals surface area contributed by atoms with E-state index in [9.17, 15) is 0 Å². The van der Waals surface area contributed by atoms with Gasteiger partial charge in [-0.3, -0.25) is 0 Å². The molecule has 0 unspecified atom stereocenters. The fourth-order valence-corrected chi connectivity index (χ4v) is 5.98. The zero-order valence-corrected chi connectivity index (χ0v) is 29.9. The maximum Gasteiger partial charge on any atom is 0.0463 e. The van der Waals surface area contributed by atoms with Crippen LogP contribution in [-0.2, 0) is 0 Å². The van der Waals surface area contributed by atoms with Crippen molar-refractivity contribution >= 4 is 67.0 Å². The van der Waals surface area contributed by atoms with Gasteiger partial charge in [-0.15, -0.1) is 0 Å². The predicted octanol–water partition coefficient (Wildman–Crippen LogP) is 14.3. The molecule has 0 saturated carbocycles. The molecule has 0 amide bonds. The molecule has 0 aliphatic carbocycles. The van der Waals surface area contributed by atoms with E-state index in [1.165, 1.54) is 21.5 Å². The molecular weight excluding hydrogens is 657 g/mol. The first kappa shape index (κ1) is 35.1. The summed E-state index contributed by atoms with van der Waals surface area (Å²) in [5, 5.41) is 18.6. The van der Waals surface area contributed by atoms with Crippen LogP contribution < -0.4 is 21.3 Å². The van der Waals surface area contributed by atoms with E-state index in [1.807, 2.05) is 72.8 Å². The minimum atomic E-state index is 1.08. The summed E-state index contributed by atoms with van der Waals surface area (Å²) in [5.74, 6) is 0. The lowest BCUT2D eigenvalue weighted by molar-refractivity contribution is 1.52. The summed E-state index contributed by atoms with van der Waals surface area (Å²) in [6.45, 7) is 0. The number of benzene rings is 9. The highest BCUT2D eigenvalue weighted by atomic mass is 14.9. The molecule has 4 N–H and O–H groups in total. The maximum absolute atomic E-state index is 3.45. The molecule has 0 aliphatic rings. The van der Waals surface area contributed by atoms with E-state index in [1.54, 1.807) is 0 Å². The number of hydrogen-bond donors (Lipinski definition) is 4. The molecular formula is C50H42N4. The Morgan fingerprint density at radius 2 is 0.556 bits per heavy atom. The second-order valence-electron chi connectivity index (χ2n) is 12.6. The van der Waals surface area contributed by atoms with Crippen LogP contribution in [0.15, 0.2) is 231 Å². The average Bonchev–Trinajstić information content (AvgIpc) is 3.24. The topological polar surface area (TPSA) is 48.1 Å². The van der Waals surface area contributed by atoms with Gasteiger partial charge in [-0.1, -0.05) is 140 Å². The molecule has 4 heteroatoms. The van der Waals surface area contributed by atoms with Crippen LogP contribution in [0.3, 0.4) is 0 Å². The van der Waals surface area contributed by atoms with Crippen molar-refractivity contribution < 1.29 is 0 Å². The van der Waals surface area contributed by atoms with Crippen LogP contribution in [0, 0.1) is 0 Å². The first-order valence-electron chi connectivity index (χ1n) is 18.1. The largest absolute Gasteiger partial charge is 0.356 e. The summed E-state index contributed by atoms with van der Waals surface area (Å²) in [6.07, 6.45) is 0. The molecule has 4 nitrogen and oxygen atoms in total. The molecule has 0 atom stereocenters. The average molecular weight is 699 g/mol. The minimum Gasteiger partial charge on any atom is -0.356 e. The third-order valence-corrected chi connectivity index (χ3v) is 8.66. The number of anilines is 8. The Balaban J connectivity index is 0.000000126. The van der Waals surface area contributed by atoms with Gasteiger partial charge in [0.1, 0.15) is 0 Å². The van der Waals surface area contributed by atoms with E-state index >= 15 is 0 Å². The van der Waals surface area contributed by atoms with Gasteiger partial charge in [0.25, 0.3) is 0 Å². The van der Waals surface area contributed by atoms with Gasteiger partial charge in [0, 0.05) is 50.9 Å². The molecule has 0 radical (unpaired) electrons. The molecule has 54 heavy (non-hydrogen) atoms. The quantitative estimate of drug-likeness (QED) is 0.128. The van der Waals surface area contributed by atoms with Gasteiger partial charge in [0.2, 0.25) is 0 Å². The van der Waals surface area contributed by atoms with E-state index < -0.39 is 0 Å². The smallest absolute Gasteiger partial charge is 0.0463 e. The second kappa shape index (κ2) is 18.3. The SMILES string of the molecule is c1ccc(Nc2ccc(Nc3ccccc3)cc2)cc1.c1ccc(Nc2ccc3ccccc3c2)cc1.c1ccc(Nc2cccc3ccccc23)cc1. The normalized spacial score (nSPS) is 10.2. The fraction of sp³-hybridized carbons (Fsp3) is 0. The van der Waals surface area contributed by atoms with Crippen molar-refractivity contribution in [2.24, 2.45) is 0 Å². The van der Waals surface area contributed by atoms with E-state index in [0.717, 1.165) is 45.5 Å². The van der Waals surface area contributed by atoms with Crippen LogP contribution in [0.5, 0.6) is 0 Å². The number of para-hydroxylation sites is 4. The van der Waals surface area contributed by atoms with Crippen molar-refractivity contribution in [2.75, 3.05) is 21.3 Å². The lowest BCUT2D eigenvalue weighted by Crippen LogP contribution is -1.92. The molecule has 0 heterocycles. The first-order chi connectivity index (χ1) is 26.7. The van der Waals surface area contributed by atoms with Gasteiger partial charge in [0.05, 0.1) is 0 Å². The van der Waals surface area contributed by atoms with Crippen molar-refractivity contribution in [1.29, 1.82) is 0 Å². The van der Waals surface area contributed by atoms with Crippen molar-refractivity contribution in [3.8, 4) is 0 Å². The molecule has 0 aromatic heterocycles. The van der Waals surface area contributed by atoms with Crippen molar-refractivity contribution in [3.05, 3.63) is 231 Å². The van der Waals surface area contributed by atoms with E-state index in [4.69, 9.17) is 0 Å². The Morgan fingerprint density at radius 3 is 1.07 bits per heavy atom. The van der Waals surface area contributed by atoms with Gasteiger partial charge in [-0.2, -0.15) is 0 Å². The van der Waals surface area contributed by atoms with Gasteiger partial charge in [-0.25, -0.2) is 0 Å². The minimum absolute atomic E-state index is 1.08. The Labute approximate surface area is 317 Å². The molecule has 0 saturated heterocycles. The zero-order valence-electron chi connectivity index (χ0n) is 29.9. The Bertz CT molecular complexity index is 2400. The summed E-state index contributed by atoms with van der Waals surface area (Å²) in [7, 11) is 0. The zero-order chi connectivity index (χ0) is 36.6. The summed E-state index contributed by atoms with van der Waals surface area (Å²) in [5.41, 5.74) is 8.84. The highest BCUT2D eigenvalue weighted by Gasteiger charge is 2.00. The highest BCUT2D eigenvalue weighted by molar-refractivity contribution is 5.95. The van der Waals surface area contributed by atoms with Crippen LogP contribution in [0.2, 0.25) is 0 Å². The summed E-state index contributed by atoms with van der Waals surface area (Å²) in [4.78, 5) is 0. The lowest BCUT2D eigenvalue weighted by Gasteiger charge is -2.09. The van der Waals surface area contributed by atoms with Crippen molar-refractivity contribution in [1.82, 2.24) is 0 Å². The van der Waals surface area contributed by atoms with Gasteiger partial charge < -0.3 is 21.3 Å². The van der Waals surface area contributed by atoms with Gasteiger partial charge >= 0.3 is 0 Å². The van der Waals surface area contributed by atoms with Crippen LogP contribution in [0.4, 0.5) is 45.5 Å². The number of fused-ring (bicyclic) bond motifs is 2. The first-order valence-corrected chi connectivity index (χ1v) is 18.1. The third kappa shape index (κ3) is 10.2. The van der Waals surface area contributed by atoms with E-state index in [-0.39, 0.29) is 0 Å². The third-order valence-electron chi connectivity index (χ3n) is 8.66. The summed E-state index contributed by atoms with van der Waals surface area (Å²) in [6, 6.07) is 78.5. The van der Waals surface area contributed by atoms with Crippen molar-refractivity contribution in [2.45, 2.75) is 0 Å². The Kier molecular flexibility index (Phi) is 11.9. The monoisotopic (exact) mass is 698 g/mol. The van der Waals surface area contributed by atoms with E-state index in [2.05, 4.69) is 179 Å². The standard InChI is InChI=1S/C18H16N2.2C16H13N/c1-3-7-15(8-4-1)19-17-11-13-18(14-12-17)20-16-9-5-2-6-10-16;1-2-9-14(10-3-1)17-16-12-6-8-13-7-4-5-11-15(13)16;1-2-8-15(9-3-1)17-16-11-10-13-6-4-5-7-14(13)12-16/h1-14,19-20H;2*1-12,17H. The lowest BCUT2D eigenvalue weighted by atomic mass is 10.1. The predicted molar refractivity (Wildman–Crippen MR) is 233 cm³/mol. The van der Waals surface area contributed by atoms with Crippen LogP contribution in [0.25, 0.3) is 21.5 Å². The van der Waals surface area contributed by atoms with Crippen LogP contribution in [0.1, 0.15) is 0 Å².